The quantitative estimate of drug-likeness (QED) is 0.621. The van der Waals surface area contributed by atoms with E-state index in [0.717, 1.165) is 0 Å². The van der Waals surface area contributed by atoms with Crippen molar-refractivity contribution in [2.75, 3.05) is 6.54 Å². The van der Waals surface area contributed by atoms with Gasteiger partial charge in [-0.25, -0.2) is 4.79 Å². The van der Waals surface area contributed by atoms with Crippen LogP contribution in [-0.4, -0.2) is 40.7 Å². The number of piperidine rings is 1. The van der Waals surface area contributed by atoms with E-state index in [4.69, 9.17) is 4.74 Å². The van der Waals surface area contributed by atoms with Crippen LogP contribution in [0.3, 0.4) is 0 Å². The Morgan fingerprint density at radius 3 is 2.35 bits per heavy atom. The van der Waals surface area contributed by atoms with Crippen LogP contribution >= 0.6 is 0 Å². The zero-order valence-corrected chi connectivity index (χ0v) is 14.0. The van der Waals surface area contributed by atoms with E-state index in [2.05, 4.69) is 0 Å². The molecule has 1 aromatic carbocycles. The van der Waals surface area contributed by atoms with E-state index >= 15 is 0 Å². The number of hydrogen-bond donors (Lipinski definition) is 0. The molecule has 124 valence electrons. The summed E-state index contributed by atoms with van der Waals surface area (Å²) < 4.78 is 5.38. The molecule has 0 radical (unpaired) electrons. The maximum atomic E-state index is 12.6. The van der Waals surface area contributed by atoms with Gasteiger partial charge in [-0.1, -0.05) is 30.3 Å². The maximum absolute atomic E-state index is 12.6. The fourth-order valence-corrected chi connectivity index (χ4v) is 2.63. The summed E-state index contributed by atoms with van der Waals surface area (Å²) in [6.07, 6.45) is -0.314. The van der Waals surface area contributed by atoms with Gasteiger partial charge in [0.2, 0.25) is 0 Å². The summed E-state index contributed by atoms with van der Waals surface area (Å²) in [5.74, 6) is -1.18. The third-order valence-electron chi connectivity index (χ3n) is 3.80. The van der Waals surface area contributed by atoms with Crippen LogP contribution in [0.2, 0.25) is 0 Å². The molecule has 2 rings (SSSR count). The second-order valence-electron chi connectivity index (χ2n) is 6.94. The molecule has 1 heterocycles. The fraction of sp³-hybridized carbons (Fsp3) is 0.500. The van der Waals surface area contributed by atoms with Crippen molar-refractivity contribution in [2.24, 2.45) is 5.92 Å². The zero-order valence-electron chi connectivity index (χ0n) is 14.0. The first-order valence-electron chi connectivity index (χ1n) is 7.80. The maximum Gasteiger partial charge on any atom is 0.410 e. The normalized spacial score (nSPS) is 21.9. The van der Waals surface area contributed by atoms with Crippen molar-refractivity contribution in [3.63, 3.8) is 0 Å². The Morgan fingerprint density at radius 2 is 1.78 bits per heavy atom. The van der Waals surface area contributed by atoms with Gasteiger partial charge in [-0.15, -0.1) is 0 Å². The van der Waals surface area contributed by atoms with E-state index in [-0.39, 0.29) is 30.6 Å². The smallest absolute Gasteiger partial charge is 0.410 e. The van der Waals surface area contributed by atoms with Crippen molar-refractivity contribution in [3.05, 3.63) is 35.9 Å². The number of rotatable bonds is 2. The molecule has 1 amide bonds. The van der Waals surface area contributed by atoms with Crippen LogP contribution in [0.5, 0.6) is 0 Å². The first-order chi connectivity index (χ1) is 10.7. The topological polar surface area (TPSA) is 63.7 Å². The van der Waals surface area contributed by atoms with Crippen LogP contribution in [0.4, 0.5) is 4.79 Å². The predicted molar refractivity (Wildman–Crippen MR) is 86.3 cm³/mol. The summed E-state index contributed by atoms with van der Waals surface area (Å²) in [6, 6.07) is 8.44. The van der Waals surface area contributed by atoms with Gasteiger partial charge in [0, 0.05) is 24.6 Å². The highest BCUT2D eigenvalue weighted by molar-refractivity contribution is 6.11. The summed E-state index contributed by atoms with van der Waals surface area (Å²) in [5.41, 5.74) is -0.124. The molecule has 2 unspecified atom stereocenters. The molecule has 0 aromatic heterocycles. The first kappa shape index (κ1) is 17.2. The van der Waals surface area contributed by atoms with Crippen molar-refractivity contribution in [3.8, 4) is 0 Å². The Bertz CT molecular complexity index is 603. The van der Waals surface area contributed by atoms with Crippen molar-refractivity contribution < 1.29 is 19.1 Å². The minimum absolute atomic E-state index is 0.0721. The van der Waals surface area contributed by atoms with Gasteiger partial charge in [0.1, 0.15) is 11.4 Å². The number of likely N-dealkylation sites (tertiary alicyclic amines) is 1. The van der Waals surface area contributed by atoms with Crippen molar-refractivity contribution >= 4 is 17.7 Å². The van der Waals surface area contributed by atoms with Crippen LogP contribution < -0.4 is 0 Å². The molecule has 0 spiro atoms. The molecule has 1 aromatic rings. The van der Waals surface area contributed by atoms with Gasteiger partial charge in [0.15, 0.2) is 5.78 Å². The molecule has 0 bridgehead atoms. The van der Waals surface area contributed by atoms with E-state index in [1.807, 2.05) is 6.07 Å². The lowest BCUT2D eigenvalue weighted by Gasteiger charge is -2.37. The van der Waals surface area contributed by atoms with Gasteiger partial charge in [-0.05, 0) is 27.7 Å². The monoisotopic (exact) mass is 317 g/mol. The minimum Gasteiger partial charge on any atom is -0.444 e. The molecule has 1 saturated heterocycles. The average Bonchev–Trinajstić information content (AvgIpc) is 2.45. The minimum atomic E-state index is -0.818. The molecule has 2 atom stereocenters. The molecule has 23 heavy (non-hydrogen) atoms. The summed E-state index contributed by atoms with van der Waals surface area (Å²) >= 11 is 0. The number of carbonyl (C=O) groups excluding carboxylic acids is 3. The van der Waals surface area contributed by atoms with Crippen LogP contribution in [0.1, 0.15) is 44.5 Å². The molecule has 5 nitrogen and oxygen atoms in total. The third kappa shape index (κ3) is 4.18. The molecule has 1 fully saturated rings. The lowest BCUT2D eigenvalue weighted by atomic mass is 9.86. The number of Topliss-reactive ketones (excluding diaryl/α,β-unsaturated/α-hetero) is 2. The summed E-state index contributed by atoms with van der Waals surface area (Å²) in [5, 5.41) is 0. The highest BCUT2D eigenvalue weighted by Crippen LogP contribution is 2.24. The average molecular weight is 317 g/mol. The van der Waals surface area contributed by atoms with Crippen LogP contribution in [0.15, 0.2) is 30.3 Å². The predicted octanol–water partition coefficient (Wildman–Crippen LogP) is 3.08. The summed E-state index contributed by atoms with van der Waals surface area (Å²) in [6.45, 7) is 7.24. The lowest BCUT2D eigenvalue weighted by molar-refractivity contribution is -0.125. The lowest BCUT2D eigenvalue weighted by Crippen LogP contribution is -2.52. The van der Waals surface area contributed by atoms with Gasteiger partial charge >= 0.3 is 6.09 Å². The standard InChI is InChI=1S/C18H23NO4/c1-12-10-15(20)14(16(21)13-8-6-5-7-9-13)11-19(12)17(22)23-18(2,3)4/h5-9,12,14H,10-11H2,1-4H3. The molecular weight excluding hydrogens is 294 g/mol. The Kier molecular flexibility index (Phi) is 4.88. The SMILES string of the molecule is CC1CC(=O)C(C(=O)c2ccccc2)CN1C(=O)OC(C)(C)C. The van der Waals surface area contributed by atoms with E-state index in [1.165, 1.54) is 4.90 Å². The van der Waals surface area contributed by atoms with Gasteiger partial charge in [0.05, 0.1) is 5.92 Å². The zero-order chi connectivity index (χ0) is 17.2. The molecule has 1 aliphatic heterocycles. The van der Waals surface area contributed by atoms with Crippen molar-refractivity contribution in [1.82, 2.24) is 4.90 Å². The largest absolute Gasteiger partial charge is 0.444 e. The highest BCUT2D eigenvalue weighted by Gasteiger charge is 2.40. The number of hydrogen-bond acceptors (Lipinski definition) is 4. The molecule has 5 heteroatoms. The summed E-state index contributed by atoms with van der Waals surface area (Å²) in [7, 11) is 0. The Balaban J connectivity index is 2.17. The number of nitrogens with zero attached hydrogens (tertiary/aromatic N) is 1. The Morgan fingerprint density at radius 1 is 1.17 bits per heavy atom. The second kappa shape index (κ2) is 6.52. The Hall–Kier alpha value is -2.17. The molecule has 0 N–H and O–H groups in total. The fourth-order valence-electron chi connectivity index (χ4n) is 2.63. The van der Waals surface area contributed by atoms with Crippen LogP contribution in [0, 0.1) is 5.92 Å². The molecule has 0 saturated carbocycles. The number of ether oxygens (including phenoxy) is 1. The number of carbonyl (C=O) groups is 3. The summed E-state index contributed by atoms with van der Waals surface area (Å²) in [4.78, 5) is 38.6. The van der Waals surface area contributed by atoms with Gasteiger partial charge in [-0.3, -0.25) is 9.59 Å². The van der Waals surface area contributed by atoms with Crippen LogP contribution in [-0.2, 0) is 9.53 Å². The first-order valence-corrected chi connectivity index (χ1v) is 7.80. The second-order valence-corrected chi connectivity index (χ2v) is 6.94. The van der Waals surface area contributed by atoms with Gasteiger partial charge in [0.25, 0.3) is 0 Å². The molecular formula is C18H23NO4. The van der Waals surface area contributed by atoms with Gasteiger partial charge in [-0.2, -0.15) is 0 Å². The number of benzene rings is 1. The number of amides is 1. The van der Waals surface area contributed by atoms with E-state index < -0.39 is 17.6 Å². The van der Waals surface area contributed by atoms with E-state index in [0.29, 0.717) is 5.56 Å². The highest BCUT2D eigenvalue weighted by atomic mass is 16.6. The molecule has 1 aliphatic rings. The van der Waals surface area contributed by atoms with Crippen molar-refractivity contribution in [2.45, 2.75) is 45.8 Å². The van der Waals surface area contributed by atoms with E-state index in [9.17, 15) is 14.4 Å². The third-order valence-corrected chi connectivity index (χ3v) is 3.80. The van der Waals surface area contributed by atoms with Crippen LogP contribution in [0.25, 0.3) is 0 Å². The number of ketones is 2. The van der Waals surface area contributed by atoms with E-state index in [1.54, 1.807) is 52.0 Å². The van der Waals surface area contributed by atoms with Gasteiger partial charge < -0.3 is 9.64 Å². The Labute approximate surface area is 136 Å². The van der Waals surface area contributed by atoms with Crippen molar-refractivity contribution in [1.29, 1.82) is 0 Å². The molecule has 0 aliphatic carbocycles.